The molecule has 0 spiro atoms. The highest BCUT2D eigenvalue weighted by Gasteiger charge is 2.40. The number of rotatable bonds is 8. The van der Waals surface area contributed by atoms with Crippen LogP contribution in [0.4, 0.5) is 0 Å². The van der Waals surface area contributed by atoms with Gasteiger partial charge in [0.2, 0.25) is 15.9 Å². The molecule has 5 rings (SSSR count). The molecule has 3 heterocycles. The van der Waals surface area contributed by atoms with Crippen LogP contribution in [0.25, 0.3) is 11.3 Å². The third kappa shape index (κ3) is 5.32. The first-order valence-corrected chi connectivity index (χ1v) is 13.7. The van der Waals surface area contributed by atoms with Crippen molar-refractivity contribution in [3.63, 3.8) is 0 Å². The predicted octanol–water partition coefficient (Wildman–Crippen LogP) is 2.37. The fraction of sp³-hybridized carbons (Fsp3) is 0.385. The topological polar surface area (TPSA) is 96.3 Å². The third-order valence-corrected chi connectivity index (χ3v) is 9.06. The molecule has 2 aromatic carbocycles. The van der Waals surface area contributed by atoms with E-state index in [1.54, 1.807) is 4.31 Å². The van der Waals surface area contributed by atoms with Crippen molar-refractivity contribution in [3.05, 3.63) is 78.0 Å². The summed E-state index contributed by atoms with van der Waals surface area (Å²) >= 11 is 0. The van der Waals surface area contributed by atoms with Crippen LogP contribution in [0.5, 0.6) is 0 Å². The van der Waals surface area contributed by atoms with E-state index >= 15 is 0 Å². The zero-order chi connectivity index (χ0) is 24.3. The van der Waals surface area contributed by atoms with Crippen LogP contribution in [-0.2, 0) is 27.9 Å². The third-order valence-electron chi connectivity index (χ3n) is 6.78. The maximum atomic E-state index is 12.9. The quantitative estimate of drug-likeness (QED) is 0.502. The number of carbonyl (C=O) groups excluding carboxylic acids is 1. The second-order valence-corrected chi connectivity index (χ2v) is 11.5. The Morgan fingerprint density at radius 2 is 1.71 bits per heavy atom. The summed E-state index contributed by atoms with van der Waals surface area (Å²) in [5, 5.41) is 10.4. The molecule has 0 saturated carbocycles. The van der Waals surface area contributed by atoms with Crippen molar-refractivity contribution in [3.8, 4) is 11.3 Å². The Balaban J connectivity index is 1.27. The van der Waals surface area contributed by atoms with Crippen LogP contribution in [0.1, 0.15) is 30.4 Å². The Kier molecular flexibility index (Phi) is 6.99. The molecule has 9 heteroatoms. The largest absolute Gasteiger partial charge is 0.351 e. The molecule has 2 aliphatic rings. The molecule has 2 N–H and O–H groups in total. The first-order chi connectivity index (χ1) is 17.0. The first kappa shape index (κ1) is 23.7. The van der Waals surface area contributed by atoms with E-state index in [-0.39, 0.29) is 5.91 Å². The minimum absolute atomic E-state index is 0.182. The predicted molar refractivity (Wildman–Crippen MR) is 135 cm³/mol. The van der Waals surface area contributed by atoms with Gasteiger partial charge in [-0.15, -0.1) is 0 Å². The number of sulfonamides is 1. The molecule has 1 amide bonds. The molecule has 2 fully saturated rings. The van der Waals surface area contributed by atoms with Crippen LogP contribution in [0.3, 0.4) is 0 Å². The van der Waals surface area contributed by atoms with Gasteiger partial charge in [0.25, 0.3) is 0 Å². The van der Waals surface area contributed by atoms with Gasteiger partial charge in [0.1, 0.15) is 0 Å². The molecule has 0 aliphatic carbocycles. The average molecular weight is 494 g/mol. The van der Waals surface area contributed by atoms with E-state index < -0.39 is 21.3 Å². The fourth-order valence-corrected chi connectivity index (χ4v) is 6.80. The Bertz CT molecular complexity index is 1250. The SMILES string of the molecule is O=C(NCc1cn(Cc2ccccc2)nc1-c1ccccc1)C1CC(S(=O)(=O)N2CCCC2)CN1. The molecule has 0 radical (unpaired) electrons. The van der Waals surface area contributed by atoms with Crippen molar-refractivity contribution in [1.82, 2.24) is 24.7 Å². The Morgan fingerprint density at radius 3 is 2.43 bits per heavy atom. The lowest BCUT2D eigenvalue weighted by Gasteiger charge is -2.20. The second-order valence-electron chi connectivity index (χ2n) is 9.24. The Hall–Kier alpha value is -3.01. The number of amides is 1. The van der Waals surface area contributed by atoms with Crippen LogP contribution in [0.2, 0.25) is 0 Å². The molecule has 1 aromatic heterocycles. The molecule has 3 aromatic rings. The van der Waals surface area contributed by atoms with E-state index in [0.717, 1.165) is 35.2 Å². The highest BCUT2D eigenvalue weighted by atomic mass is 32.2. The van der Waals surface area contributed by atoms with Crippen LogP contribution < -0.4 is 10.6 Å². The maximum Gasteiger partial charge on any atom is 0.237 e. The summed E-state index contributed by atoms with van der Waals surface area (Å²) in [7, 11) is -3.36. The van der Waals surface area contributed by atoms with Crippen LogP contribution in [0, 0.1) is 0 Å². The number of nitrogens with one attached hydrogen (secondary N) is 2. The van der Waals surface area contributed by atoms with Gasteiger partial charge in [0.15, 0.2) is 0 Å². The fourth-order valence-electron chi connectivity index (χ4n) is 4.87. The van der Waals surface area contributed by atoms with Gasteiger partial charge in [-0.2, -0.15) is 5.10 Å². The van der Waals surface area contributed by atoms with Crippen molar-refractivity contribution in [1.29, 1.82) is 0 Å². The number of carbonyl (C=O) groups is 1. The molecule has 2 saturated heterocycles. The van der Waals surface area contributed by atoms with Crippen LogP contribution >= 0.6 is 0 Å². The zero-order valence-corrected chi connectivity index (χ0v) is 20.5. The minimum atomic E-state index is -3.36. The highest BCUT2D eigenvalue weighted by Crippen LogP contribution is 2.24. The van der Waals surface area contributed by atoms with Gasteiger partial charge in [0.05, 0.1) is 23.5 Å². The number of aromatic nitrogens is 2. The number of benzene rings is 2. The van der Waals surface area contributed by atoms with Gasteiger partial charge in [-0.3, -0.25) is 9.48 Å². The Labute approximate surface area is 206 Å². The lowest BCUT2D eigenvalue weighted by atomic mass is 10.1. The van der Waals surface area contributed by atoms with E-state index in [1.165, 1.54) is 0 Å². The maximum absolute atomic E-state index is 12.9. The molecule has 8 nitrogen and oxygen atoms in total. The lowest BCUT2D eigenvalue weighted by Crippen LogP contribution is -2.40. The highest BCUT2D eigenvalue weighted by molar-refractivity contribution is 7.89. The summed E-state index contributed by atoms with van der Waals surface area (Å²) in [6.07, 6.45) is 4.08. The van der Waals surface area contributed by atoms with E-state index in [9.17, 15) is 13.2 Å². The molecule has 0 bridgehead atoms. The van der Waals surface area contributed by atoms with Gasteiger partial charge < -0.3 is 10.6 Å². The van der Waals surface area contributed by atoms with Gasteiger partial charge in [-0.25, -0.2) is 12.7 Å². The zero-order valence-electron chi connectivity index (χ0n) is 19.6. The van der Waals surface area contributed by atoms with E-state index in [4.69, 9.17) is 5.10 Å². The lowest BCUT2D eigenvalue weighted by molar-refractivity contribution is -0.122. The molecule has 2 unspecified atom stereocenters. The monoisotopic (exact) mass is 493 g/mol. The van der Waals surface area contributed by atoms with Gasteiger partial charge in [-0.05, 0) is 24.8 Å². The Morgan fingerprint density at radius 1 is 1.03 bits per heavy atom. The summed E-state index contributed by atoms with van der Waals surface area (Å²) in [6, 6.07) is 19.5. The summed E-state index contributed by atoms with van der Waals surface area (Å²) < 4.78 is 29.2. The van der Waals surface area contributed by atoms with E-state index in [0.29, 0.717) is 39.1 Å². The smallest absolute Gasteiger partial charge is 0.237 e. The molecule has 2 atom stereocenters. The number of hydrogen-bond acceptors (Lipinski definition) is 5. The van der Waals surface area contributed by atoms with Crippen molar-refractivity contribution in [2.75, 3.05) is 19.6 Å². The normalized spacial score (nSPS) is 20.8. The second kappa shape index (κ2) is 10.3. The summed E-state index contributed by atoms with van der Waals surface area (Å²) in [5.74, 6) is -0.182. The van der Waals surface area contributed by atoms with Crippen molar-refractivity contribution >= 4 is 15.9 Å². The van der Waals surface area contributed by atoms with Crippen molar-refractivity contribution in [2.45, 2.75) is 43.6 Å². The molecule has 2 aliphatic heterocycles. The van der Waals surface area contributed by atoms with E-state index in [2.05, 4.69) is 22.8 Å². The molecule has 35 heavy (non-hydrogen) atoms. The molecule has 184 valence electrons. The van der Waals surface area contributed by atoms with Crippen LogP contribution in [-0.4, -0.2) is 59.3 Å². The summed E-state index contributed by atoms with van der Waals surface area (Å²) in [6.45, 7) is 2.44. The average Bonchev–Trinajstić information content (AvgIpc) is 3.65. The van der Waals surface area contributed by atoms with Gasteiger partial charge in [0, 0.05) is 43.5 Å². The van der Waals surface area contributed by atoms with Crippen molar-refractivity contribution < 1.29 is 13.2 Å². The molecular formula is C26H31N5O3S. The van der Waals surface area contributed by atoms with Crippen molar-refractivity contribution in [2.24, 2.45) is 0 Å². The van der Waals surface area contributed by atoms with Gasteiger partial charge >= 0.3 is 0 Å². The molecular weight excluding hydrogens is 462 g/mol. The van der Waals surface area contributed by atoms with Gasteiger partial charge in [-0.1, -0.05) is 60.7 Å². The number of hydrogen-bond donors (Lipinski definition) is 2. The first-order valence-electron chi connectivity index (χ1n) is 12.2. The summed E-state index contributed by atoms with van der Waals surface area (Å²) in [5.41, 5.74) is 3.88. The minimum Gasteiger partial charge on any atom is -0.351 e. The number of nitrogens with zero attached hydrogens (tertiary/aromatic N) is 3. The van der Waals surface area contributed by atoms with E-state index in [1.807, 2.05) is 59.4 Å². The standard InChI is InChI=1S/C26H31N5O3S/c32-26(24-15-23(17-27-24)35(33,34)31-13-7-8-14-31)28-16-22-19-30(18-20-9-3-1-4-10-20)29-25(22)21-11-5-2-6-12-21/h1-6,9-12,19,23-24,27H,7-8,13-18H2,(H,28,32). The van der Waals surface area contributed by atoms with Crippen LogP contribution in [0.15, 0.2) is 66.9 Å². The summed E-state index contributed by atoms with van der Waals surface area (Å²) in [4.78, 5) is 12.9.